The van der Waals surface area contributed by atoms with Crippen molar-refractivity contribution in [1.82, 2.24) is 0 Å². The third-order valence-corrected chi connectivity index (χ3v) is 3.66. The number of aliphatic hydroxyl groups excluding tert-OH is 1. The second kappa shape index (κ2) is 5.11. The minimum Gasteiger partial charge on any atom is -0.454 e. The maximum Gasteiger partial charge on any atom is 0.334 e. The molecule has 0 aromatic rings. The summed E-state index contributed by atoms with van der Waals surface area (Å²) in [7, 11) is 0. The number of carbonyl (C=O) groups is 1. The lowest BCUT2D eigenvalue weighted by Crippen LogP contribution is -2.17. The van der Waals surface area contributed by atoms with Crippen LogP contribution in [0.15, 0.2) is 35.5 Å². The fraction of sp³-hybridized carbons (Fsp3) is 0.533. The summed E-state index contributed by atoms with van der Waals surface area (Å²) in [5.41, 5.74) is 2.78. The van der Waals surface area contributed by atoms with Crippen molar-refractivity contribution in [2.75, 3.05) is 0 Å². The first-order valence-corrected chi connectivity index (χ1v) is 6.40. The van der Waals surface area contributed by atoms with Gasteiger partial charge in [0.2, 0.25) is 0 Å². The Bertz CT molecular complexity index is 431. The third kappa shape index (κ3) is 2.72. The van der Waals surface area contributed by atoms with Crippen LogP contribution in [-0.4, -0.2) is 23.3 Å². The monoisotopic (exact) mass is 248 g/mol. The summed E-state index contributed by atoms with van der Waals surface area (Å²) >= 11 is 0. The average Bonchev–Trinajstić information content (AvgIpc) is 2.51. The van der Waals surface area contributed by atoms with E-state index >= 15 is 0 Å². The molecule has 0 radical (unpaired) electrons. The summed E-state index contributed by atoms with van der Waals surface area (Å²) in [5.74, 6) is -0.207. The topological polar surface area (TPSA) is 46.5 Å². The molecular weight excluding hydrogens is 228 g/mol. The highest BCUT2D eigenvalue weighted by Gasteiger charge is 2.37. The van der Waals surface area contributed by atoms with Gasteiger partial charge in [-0.1, -0.05) is 23.8 Å². The molecule has 0 bridgehead atoms. The smallest absolute Gasteiger partial charge is 0.334 e. The number of hydrogen-bond donors (Lipinski definition) is 1. The first kappa shape index (κ1) is 13.1. The average molecular weight is 248 g/mol. The second-order valence-electron chi connectivity index (χ2n) is 5.34. The zero-order valence-corrected chi connectivity index (χ0v) is 11.0. The fourth-order valence-electron chi connectivity index (χ4n) is 2.65. The van der Waals surface area contributed by atoms with Gasteiger partial charge in [0.05, 0.1) is 6.10 Å². The van der Waals surface area contributed by atoms with Gasteiger partial charge in [0.15, 0.2) is 0 Å². The molecule has 0 aromatic heterocycles. The van der Waals surface area contributed by atoms with Crippen molar-refractivity contribution in [1.29, 1.82) is 0 Å². The van der Waals surface area contributed by atoms with Gasteiger partial charge in [0.1, 0.15) is 6.10 Å². The number of fused-ring (bicyclic) bond motifs is 1. The van der Waals surface area contributed by atoms with Crippen molar-refractivity contribution in [3.8, 4) is 0 Å². The lowest BCUT2D eigenvalue weighted by molar-refractivity contribution is -0.137. The minimum atomic E-state index is -0.446. The number of carbonyl (C=O) groups excluding carboxylic acids is 1. The van der Waals surface area contributed by atoms with Crippen LogP contribution < -0.4 is 0 Å². The molecule has 2 rings (SSSR count). The highest BCUT2D eigenvalue weighted by Crippen LogP contribution is 2.34. The number of rotatable bonds is 0. The fourth-order valence-corrected chi connectivity index (χ4v) is 2.65. The highest BCUT2D eigenvalue weighted by molar-refractivity contribution is 5.91. The predicted octanol–water partition coefficient (Wildman–Crippen LogP) is 2.52. The van der Waals surface area contributed by atoms with Gasteiger partial charge >= 0.3 is 5.97 Å². The summed E-state index contributed by atoms with van der Waals surface area (Å²) in [6.45, 7) is 7.81. The molecule has 1 fully saturated rings. The molecule has 3 nitrogen and oxygen atoms in total. The Hall–Kier alpha value is -1.35. The van der Waals surface area contributed by atoms with Crippen molar-refractivity contribution in [2.24, 2.45) is 5.92 Å². The quantitative estimate of drug-likeness (QED) is 0.407. The van der Waals surface area contributed by atoms with E-state index in [1.165, 1.54) is 0 Å². The van der Waals surface area contributed by atoms with Gasteiger partial charge in [-0.3, -0.25) is 0 Å². The van der Waals surface area contributed by atoms with Crippen LogP contribution >= 0.6 is 0 Å². The first-order chi connectivity index (χ1) is 8.47. The van der Waals surface area contributed by atoms with Crippen molar-refractivity contribution >= 4 is 5.97 Å². The third-order valence-electron chi connectivity index (χ3n) is 3.66. The Morgan fingerprint density at radius 2 is 2.06 bits per heavy atom. The molecule has 0 amide bonds. The number of aliphatic hydroxyl groups is 1. The van der Waals surface area contributed by atoms with Gasteiger partial charge < -0.3 is 9.84 Å². The molecule has 3 unspecified atom stereocenters. The van der Waals surface area contributed by atoms with Crippen LogP contribution in [-0.2, 0) is 9.53 Å². The van der Waals surface area contributed by atoms with Crippen molar-refractivity contribution in [3.63, 3.8) is 0 Å². The first-order valence-electron chi connectivity index (χ1n) is 6.40. The molecule has 1 aliphatic carbocycles. The maximum absolute atomic E-state index is 11.6. The van der Waals surface area contributed by atoms with Gasteiger partial charge in [0.25, 0.3) is 0 Å². The molecule has 0 aromatic carbocycles. The van der Waals surface area contributed by atoms with Crippen LogP contribution in [0.4, 0.5) is 0 Å². The SMILES string of the molecule is C=C1C(=O)OC2/C=C(/C)CC(O)/C=C(/C)CCC12. The molecular formula is C15H20O3. The van der Waals surface area contributed by atoms with Crippen LogP contribution in [0.3, 0.4) is 0 Å². The lowest BCUT2D eigenvalue weighted by Gasteiger charge is -2.18. The van der Waals surface area contributed by atoms with Crippen LogP contribution in [0.5, 0.6) is 0 Å². The molecule has 1 saturated heterocycles. The van der Waals surface area contributed by atoms with Gasteiger partial charge in [-0.2, -0.15) is 0 Å². The Kier molecular flexibility index (Phi) is 3.71. The van der Waals surface area contributed by atoms with E-state index in [0.717, 1.165) is 24.0 Å². The van der Waals surface area contributed by atoms with Crippen LogP contribution in [0.1, 0.15) is 33.1 Å². The molecule has 0 saturated carbocycles. The predicted molar refractivity (Wildman–Crippen MR) is 69.9 cm³/mol. The lowest BCUT2D eigenvalue weighted by atomic mass is 9.88. The van der Waals surface area contributed by atoms with Gasteiger partial charge in [-0.15, -0.1) is 0 Å². The Labute approximate surface area is 108 Å². The standard InChI is InChI=1S/C15H20O3/c1-9-4-5-13-11(3)15(17)18-14(13)8-10(2)7-12(16)6-9/h6,8,12-14,16H,3-5,7H2,1-2H3/b9-6-,10-8-. The minimum absolute atomic E-state index is 0.0750. The van der Waals surface area contributed by atoms with E-state index in [1.54, 1.807) is 0 Å². The van der Waals surface area contributed by atoms with Crippen LogP contribution in [0, 0.1) is 5.92 Å². The van der Waals surface area contributed by atoms with Crippen LogP contribution in [0.25, 0.3) is 0 Å². The Morgan fingerprint density at radius 1 is 1.33 bits per heavy atom. The summed E-state index contributed by atoms with van der Waals surface area (Å²) in [6.07, 6.45) is 5.50. The normalized spacial score (nSPS) is 39.2. The van der Waals surface area contributed by atoms with Gasteiger partial charge in [0, 0.05) is 11.5 Å². The second-order valence-corrected chi connectivity index (χ2v) is 5.34. The molecule has 2 aliphatic rings. The number of hydrogen-bond acceptors (Lipinski definition) is 3. The summed E-state index contributed by atoms with van der Waals surface area (Å²) < 4.78 is 5.33. The van der Waals surface area contributed by atoms with E-state index < -0.39 is 6.10 Å². The van der Waals surface area contributed by atoms with E-state index in [0.29, 0.717) is 12.0 Å². The summed E-state index contributed by atoms with van der Waals surface area (Å²) in [4.78, 5) is 11.6. The van der Waals surface area contributed by atoms with Gasteiger partial charge in [-0.05, 0) is 39.2 Å². The van der Waals surface area contributed by atoms with Crippen LogP contribution in [0.2, 0.25) is 0 Å². The van der Waals surface area contributed by atoms with E-state index in [1.807, 2.05) is 26.0 Å². The highest BCUT2D eigenvalue weighted by atomic mass is 16.5. The molecule has 0 spiro atoms. The van der Waals surface area contributed by atoms with Crippen molar-refractivity contribution in [2.45, 2.75) is 45.3 Å². The molecule has 1 heterocycles. The molecule has 18 heavy (non-hydrogen) atoms. The largest absolute Gasteiger partial charge is 0.454 e. The number of allylic oxidation sites excluding steroid dienone is 1. The molecule has 3 atom stereocenters. The zero-order chi connectivity index (χ0) is 13.3. The van der Waals surface area contributed by atoms with E-state index in [-0.39, 0.29) is 18.0 Å². The van der Waals surface area contributed by atoms with Gasteiger partial charge in [-0.25, -0.2) is 4.79 Å². The zero-order valence-electron chi connectivity index (χ0n) is 11.0. The summed E-state index contributed by atoms with van der Waals surface area (Å²) in [5, 5.41) is 9.87. The molecule has 1 N–H and O–H groups in total. The maximum atomic E-state index is 11.6. The van der Waals surface area contributed by atoms with Crippen molar-refractivity contribution in [3.05, 3.63) is 35.5 Å². The van der Waals surface area contributed by atoms with E-state index in [2.05, 4.69) is 6.58 Å². The molecule has 3 heteroatoms. The summed E-state index contributed by atoms with van der Waals surface area (Å²) in [6, 6.07) is 0. The molecule has 98 valence electrons. The van der Waals surface area contributed by atoms with Crippen molar-refractivity contribution < 1.29 is 14.6 Å². The Balaban J connectivity index is 2.27. The van der Waals surface area contributed by atoms with E-state index in [9.17, 15) is 9.90 Å². The Morgan fingerprint density at radius 3 is 2.78 bits per heavy atom. The number of ether oxygens (including phenoxy) is 1. The van der Waals surface area contributed by atoms with E-state index in [4.69, 9.17) is 4.74 Å². The number of esters is 1. The molecule has 1 aliphatic heterocycles.